The van der Waals surface area contributed by atoms with Gasteiger partial charge in [-0.3, -0.25) is 9.80 Å². The van der Waals surface area contributed by atoms with Crippen LogP contribution in [0.2, 0.25) is 0 Å². The molecule has 2 aromatic rings. The molecule has 0 aliphatic carbocycles. The minimum Gasteiger partial charge on any atom is -0.493 e. The van der Waals surface area contributed by atoms with E-state index in [1.807, 2.05) is 77.9 Å². The van der Waals surface area contributed by atoms with Gasteiger partial charge in [0.2, 0.25) is 0 Å². The molecule has 4 rings (SSSR count). The van der Waals surface area contributed by atoms with Gasteiger partial charge in [0.1, 0.15) is 17.2 Å². The van der Waals surface area contributed by atoms with Crippen LogP contribution in [0.5, 0.6) is 23.0 Å². The van der Waals surface area contributed by atoms with Gasteiger partial charge in [-0.2, -0.15) is 0 Å². The average Bonchev–Trinajstić information content (AvgIpc) is 3.84. The molecule has 0 spiro atoms. The van der Waals surface area contributed by atoms with E-state index in [4.69, 9.17) is 42.6 Å². The van der Waals surface area contributed by atoms with E-state index in [0.29, 0.717) is 68.2 Å². The fourth-order valence-corrected chi connectivity index (χ4v) is 8.47. The van der Waals surface area contributed by atoms with Crippen molar-refractivity contribution >= 4 is 18.2 Å². The molecule has 15 nitrogen and oxygen atoms in total. The normalized spacial score (nSPS) is 20.9. The van der Waals surface area contributed by atoms with E-state index in [1.165, 1.54) is 0 Å². The Labute approximate surface area is 388 Å². The molecular weight excluding hydrogens is 837 g/mol. The highest BCUT2D eigenvalue weighted by molar-refractivity contribution is 5.83. The zero-order chi connectivity index (χ0) is 48.6. The Morgan fingerprint density at radius 3 is 1.46 bits per heavy atom. The molecule has 15 heteroatoms. The van der Waals surface area contributed by atoms with Crippen LogP contribution in [0.25, 0.3) is 0 Å². The molecule has 1 N–H and O–H groups in total. The minimum atomic E-state index is -0.722. The van der Waals surface area contributed by atoms with Crippen molar-refractivity contribution in [3.63, 3.8) is 0 Å². The predicted octanol–water partition coefficient (Wildman–Crippen LogP) is 9.42. The quantitative estimate of drug-likeness (QED) is 0.0807. The summed E-state index contributed by atoms with van der Waals surface area (Å²) in [4.78, 5) is 42.8. The van der Waals surface area contributed by atoms with Crippen LogP contribution in [0.1, 0.15) is 125 Å². The minimum absolute atomic E-state index is 0.0247. The van der Waals surface area contributed by atoms with Crippen molar-refractivity contribution in [1.29, 1.82) is 0 Å². The van der Waals surface area contributed by atoms with Crippen LogP contribution in [0, 0.1) is 23.7 Å². The molecule has 0 radical (unpaired) electrons. The van der Waals surface area contributed by atoms with E-state index in [2.05, 4.69) is 27.7 Å². The third kappa shape index (κ3) is 15.6. The topological polar surface area (TPSA) is 161 Å². The third-order valence-corrected chi connectivity index (χ3v) is 11.4. The number of nitrogens with zero attached hydrogens (tertiary/aromatic N) is 2. The average molecular weight is 917 g/mol. The van der Waals surface area contributed by atoms with Gasteiger partial charge in [0.25, 0.3) is 0 Å². The highest BCUT2D eigenvalue weighted by Gasteiger charge is 2.51. The Bertz CT molecular complexity index is 1790. The maximum Gasteiger partial charge on any atom is 0.411 e. The molecule has 2 aliphatic rings. The molecule has 0 saturated carbocycles. The predicted molar refractivity (Wildman–Crippen MR) is 249 cm³/mol. The zero-order valence-electron chi connectivity index (χ0n) is 41.9. The summed E-state index contributed by atoms with van der Waals surface area (Å²) in [7, 11) is 6.51. The van der Waals surface area contributed by atoms with Gasteiger partial charge in [-0.25, -0.2) is 14.4 Å². The Morgan fingerprint density at radius 1 is 0.646 bits per heavy atom. The largest absolute Gasteiger partial charge is 0.493 e. The monoisotopic (exact) mass is 917 g/mol. The molecule has 65 heavy (non-hydrogen) atoms. The highest BCUT2D eigenvalue weighted by atomic mass is 16.6. The van der Waals surface area contributed by atoms with Crippen molar-refractivity contribution in [1.82, 2.24) is 9.80 Å². The second-order valence-electron chi connectivity index (χ2n) is 19.3. The first-order valence-corrected chi connectivity index (χ1v) is 23.1. The molecule has 0 unspecified atom stereocenters. The molecule has 2 heterocycles. The fourth-order valence-electron chi connectivity index (χ4n) is 8.47. The van der Waals surface area contributed by atoms with Crippen LogP contribution in [0.3, 0.4) is 0 Å². The smallest absolute Gasteiger partial charge is 0.411 e. The Kier molecular flexibility index (Phi) is 21.5. The van der Waals surface area contributed by atoms with E-state index in [-0.39, 0.29) is 49.1 Å². The highest BCUT2D eigenvalue weighted by Crippen LogP contribution is 2.49. The van der Waals surface area contributed by atoms with Crippen molar-refractivity contribution in [2.45, 2.75) is 137 Å². The first-order chi connectivity index (χ1) is 30.7. The zero-order valence-corrected chi connectivity index (χ0v) is 41.9. The SMILES string of the molecule is CCOC(=O)[C@@H]1C[C@@H](C(C)C)[C@H](c2ccc(OC)c(OCCCOC)c2)N1C(=O)OC(C)(C)C.COCCCOc1cc([C@H]2[C@H](C(C)C)C[C@@H](CO)N2C(=O)OC(C)(C)C)ccc1OC. The first-order valence-electron chi connectivity index (χ1n) is 23.1. The van der Waals surface area contributed by atoms with Gasteiger partial charge in [0.05, 0.1) is 58.8 Å². The summed E-state index contributed by atoms with van der Waals surface area (Å²) in [5.74, 6) is 2.79. The number of likely N-dealkylation sites (tertiary alicyclic amines) is 2. The fraction of sp³-hybridized carbons (Fsp3) is 0.700. The number of benzene rings is 2. The number of ether oxygens (including phenoxy) is 9. The Balaban J connectivity index is 0.000000347. The number of methoxy groups -OCH3 is 4. The number of carbonyl (C=O) groups is 3. The van der Waals surface area contributed by atoms with Crippen LogP contribution >= 0.6 is 0 Å². The van der Waals surface area contributed by atoms with Crippen molar-refractivity contribution in [2.75, 3.05) is 68.1 Å². The summed E-state index contributed by atoms with van der Waals surface area (Å²) < 4.78 is 49.9. The van der Waals surface area contributed by atoms with E-state index >= 15 is 0 Å². The van der Waals surface area contributed by atoms with Crippen LogP contribution < -0.4 is 18.9 Å². The van der Waals surface area contributed by atoms with Crippen molar-refractivity contribution < 1.29 is 62.1 Å². The maximum atomic E-state index is 13.4. The lowest BCUT2D eigenvalue weighted by molar-refractivity contribution is -0.148. The number of hydrogen-bond donors (Lipinski definition) is 1. The third-order valence-electron chi connectivity index (χ3n) is 11.4. The summed E-state index contributed by atoms with van der Waals surface area (Å²) >= 11 is 0. The van der Waals surface area contributed by atoms with E-state index in [1.54, 1.807) is 45.2 Å². The number of esters is 1. The summed E-state index contributed by atoms with van der Waals surface area (Å²) in [6.07, 6.45) is 1.77. The summed E-state index contributed by atoms with van der Waals surface area (Å²) in [5.41, 5.74) is 0.487. The molecule has 0 aromatic heterocycles. The summed E-state index contributed by atoms with van der Waals surface area (Å²) in [5, 5.41) is 10.0. The van der Waals surface area contributed by atoms with Crippen molar-refractivity contribution in [3.05, 3.63) is 47.5 Å². The van der Waals surface area contributed by atoms with E-state index < -0.39 is 35.4 Å². The number of hydrogen-bond acceptors (Lipinski definition) is 13. The van der Waals surface area contributed by atoms with Crippen LogP contribution in [-0.4, -0.2) is 124 Å². The lowest BCUT2D eigenvalue weighted by atomic mass is 9.84. The molecule has 0 bridgehead atoms. The molecule has 2 saturated heterocycles. The summed E-state index contributed by atoms with van der Waals surface area (Å²) in [6, 6.07) is 9.83. The van der Waals surface area contributed by atoms with Crippen LogP contribution in [0.15, 0.2) is 36.4 Å². The maximum absolute atomic E-state index is 13.4. The van der Waals surface area contributed by atoms with Crippen molar-refractivity contribution in [2.24, 2.45) is 23.7 Å². The molecule has 2 fully saturated rings. The van der Waals surface area contributed by atoms with Crippen LogP contribution in [-0.2, 0) is 28.5 Å². The number of carbonyl (C=O) groups excluding carboxylic acids is 3. The van der Waals surface area contributed by atoms with Gasteiger partial charge in [-0.05, 0) is 120 Å². The molecule has 2 aromatic carbocycles. The van der Waals surface area contributed by atoms with E-state index in [0.717, 1.165) is 24.0 Å². The van der Waals surface area contributed by atoms with Gasteiger partial charge < -0.3 is 47.7 Å². The first kappa shape index (κ1) is 54.9. The second kappa shape index (κ2) is 25.4. The van der Waals surface area contributed by atoms with Crippen LogP contribution in [0.4, 0.5) is 9.59 Å². The Morgan fingerprint density at radius 2 is 1.08 bits per heavy atom. The molecule has 6 atom stereocenters. The van der Waals surface area contributed by atoms with Gasteiger partial charge in [-0.1, -0.05) is 39.8 Å². The van der Waals surface area contributed by atoms with Gasteiger partial charge in [0, 0.05) is 40.3 Å². The molecule has 2 amide bonds. The number of rotatable bonds is 19. The number of aliphatic hydroxyl groups is 1. The lowest BCUT2D eigenvalue weighted by Gasteiger charge is -2.34. The number of amides is 2. The lowest BCUT2D eigenvalue weighted by Crippen LogP contribution is -2.45. The van der Waals surface area contributed by atoms with E-state index in [9.17, 15) is 19.5 Å². The number of aliphatic hydroxyl groups excluding tert-OH is 1. The standard InChI is InChI=1S/C26H41NO7.C24H39NO6/c1-9-32-24(28)20-16-19(17(2)3)23(27(20)25(29)34-26(4,5)6)18-11-12-21(31-8)22(15-18)33-14-10-13-30-7;1-16(2)19-14-18(15-26)25(23(27)31-24(3,4)5)22(19)17-9-10-20(29-7)21(13-17)30-12-8-11-28-6/h11-12,15,17,19-20,23H,9-10,13-14,16H2,1-8H3;9-10,13,16,18-19,22,26H,8,11-12,14-15H2,1-7H3/t19-,20-,23-;18-,19-,22-/m00/s1. The van der Waals surface area contributed by atoms with Gasteiger partial charge in [-0.15, -0.1) is 0 Å². The molecule has 2 aliphatic heterocycles. The molecule has 368 valence electrons. The summed E-state index contributed by atoms with van der Waals surface area (Å²) in [6.45, 7) is 23.6. The van der Waals surface area contributed by atoms with Gasteiger partial charge in [0.15, 0.2) is 23.0 Å². The second-order valence-corrected chi connectivity index (χ2v) is 19.3. The Hall–Kier alpha value is -4.47. The molecular formula is C50H80N2O13. The van der Waals surface area contributed by atoms with Gasteiger partial charge >= 0.3 is 18.2 Å². The van der Waals surface area contributed by atoms with Crippen molar-refractivity contribution in [3.8, 4) is 23.0 Å².